The first-order chi connectivity index (χ1) is 15.8. The molecule has 0 heterocycles. The number of sulfonamides is 1. The van der Waals surface area contributed by atoms with Crippen LogP contribution >= 0.6 is 0 Å². The summed E-state index contributed by atoms with van der Waals surface area (Å²) in [5, 5.41) is 2.89. The Morgan fingerprint density at radius 1 is 0.971 bits per heavy atom. The second-order valence-corrected chi connectivity index (χ2v) is 11.0. The molecule has 0 fully saturated rings. The number of rotatable bonds is 10. The van der Waals surface area contributed by atoms with Gasteiger partial charge in [-0.1, -0.05) is 42.8 Å². The van der Waals surface area contributed by atoms with E-state index in [9.17, 15) is 18.0 Å². The topological polar surface area (TPSA) is 86.8 Å². The molecule has 0 bridgehead atoms. The summed E-state index contributed by atoms with van der Waals surface area (Å²) in [6.07, 6.45) is 1.49. The SMILES string of the molecule is CCC(C(=O)NC(C)C)N(Cc1ccc(C)cc1)C(=O)CN(c1ccc(C)c(C)c1)S(C)(=O)=O. The minimum atomic E-state index is -3.74. The first kappa shape index (κ1) is 27.4. The Bertz CT molecular complexity index is 1110. The van der Waals surface area contributed by atoms with Crippen LogP contribution in [0.15, 0.2) is 42.5 Å². The van der Waals surface area contributed by atoms with E-state index in [0.717, 1.165) is 32.8 Å². The second kappa shape index (κ2) is 11.5. The number of benzene rings is 2. The summed E-state index contributed by atoms with van der Waals surface area (Å²) in [4.78, 5) is 28.1. The lowest BCUT2D eigenvalue weighted by Crippen LogP contribution is -2.53. The first-order valence-corrected chi connectivity index (χ1v) is 13.4. The van der Waals surface area contributed by atoms with Crippen molar-refractivity contribution in [3.05, 3.63) is 64.7 Å². The summed E-state index contributed by atoms with van der Waals surface area (Å²) in [7, 11) is -3.74. The molecule has 0 aliphatic carbocycles. The van der Waals surface area contributed by atoms with Gasteiger partial charge in [-0.3, -0.25) is 13.9 Å². The zero-order valence-electron chi connectivity index (χ0n) is 21.3. The van der Waals surface area contributed by atoms with Crippen molar-refractivity contribution in [3.63, 3.8) is 0 Å². The highest BCUT2D eigenvalue weighted by molar-refractivity contribution is 7.92. The van der Waals surface area contributed by atoms with Crippen LogP contribution in [0.5, 0.6) is 0 Å². The maximum atomic E-state index is 13.6. The quantitative estimate of drug-likeness (QED) is 0.554. The molecule has 1 N–H and O–H groups in total. The Labute approximate surface area is 204 Å². The number of aryl methyl sites for hydroxylation is 3. The Hall–Kier alpha value is -2.87. The van der Waals surface area contributed by atoms with Crippen molar-refractivity contribution < 1.29 is 18.0 Å². The van der Waals surface area contributed by atoms with Gasteiger partial charge in [0.1, 0.15) is 12.6 Å². The molecule has 0 aliphatic rings. The second-order valence-electron chi connectivity index (χ2n) is 9.13. The third kappa shape index (κ3) is 7.32. The number of carbonyl (C=O) groups excluding carboxylic acids is 2. The van der Waals surface area contributed by atoms with Gasteiger partial charge in [0.25, 0.3) is 0 Å². The van der Waals surface area contributed by atoms with E-state index in [-0.39, 0.29) is 18.5 Å². The highest BCUT2D eigenvalue weighted by atomic mass is 32.2. The largest absolute Gasteiger partial charge is 0.352 e. The van der Waals surface area contributed by atoms with Crippen LogP contribution in [-0.2, 0) is 26.2 Å². The van der Waals surface area contributed by atoms with E-state index in [0.29, 0.717) is 12.1 Å². The molecule has 0 spiro atoms. The Kier molecular flexibility index (Phi) is 9.27. The lowest BCUT2D eigenvalue weighted by Gasteiger charge is -2.33. The van der Waals surface area contributed by atoms with Crippen molar-refractivity contribution in [1.29, 1.82) is 0 Å². The van der Waals surface area contributed by atoms with Crippen molar-refractivity contribution in [1.82, 2.24) is 10.2 Å². The van der Waals surface area contributed by atoms with Crippen LogP contribution in [0.1, 0.15) is 49.4 Å². The zero-order chi connectivity index (χ0) is 25.6. The van der Waals surface area contributed by atoms with Gasteiger partial charge in [-0.15, -0.1) is 0 Å². The predicted octanol–water partition coefficient (Wildman–Crippen LogP) is 3.71. The van der Waals surface area contributed by atoms with Gasteiger partial charge in [-0.2, -0.15) is 0 Å². The van der Waals surface area contributed by atoms with Crippen LogP contribution < -0.4 is 9.62 Å². The normalized spacial score (nSPS) is 12.4. The molecule has 0 saturated carbocycles. The lowest BCUT2D eigenvalue weighted by molar-refractivity contribution is -0.140. The molecule has 7 nitrogen and oxygen atoms in total. The number of nitrogens with zero attached hydrogens (tertiary/aromatic N) is 2. The van der Waals surface area contributed by atoms with Crippen LogP contribution in [-0.4, -0.2) is 50.0 Å². The van der Waals surface area contributed by atoms with Crippen molar-refractivity contribution in [3.8, 4) is 0 Å². The molecule has 0 aliphatic heterocycles. The summed E-state index contributed by atoms with van der Waals surface area (Å²) < 4.78 is 26.5. The average molecular weight is 488 g/mol. The van der Waals surface area contributed by atoms with Crippen LogP contribution in [0.4, 0.5) is 5.69 Å². The van der Waals surface area contributed by atoms with Gasteiger partial charge in [0.2, 0.25) is 21.8 Å². The van der Waals surface area contributed by atoms with E-state index in [2.05, 4.69) is 5.32 Å². The molecule has 186 valence electrons. The predicted molar refractivity (Wildman–Crippen MR) is 137 cm³/mol. The molecule has 1 atom stereocenters. The molecule has 2 aromatic carbocycles. The molecule has 1 unspecified atom stereocenters. The molecule has 2 amide bonds. The monoisotopic (exact) mass is 487 g/mol. The molecule has 34 heavy (non-hydrogen) atoms. The molecule has 0 radical (unpaired) electrons. The van der Waals surface area contributed by atoms with Crippen molar-refractivity contribution in [2.24, 2.45) is 0 Å². The number of hydrogen-bond acceptors (Lipinski definition) is 4. The fraction of sp³-hybridized carbons (Fsp3) is 0.462. The standard InChI is InChI=1S/C26H37N3O4S/c1-8-24(26(31)27-18(2)3)28(16-22-12-9-19(4)10-13-22)25(30)17-29(34(7,32)33)23-14-11-20(5)21(6)15-23/h9-15,18,24H,8,16-17H2,1-7H3,(H,27,31). The minimum absolute atomic E-state index is 0.0825. The third-order valence-corrected chi connectivity index (χ3v) is 6.89. The maximum Gasteiger partial charge on any atom is 0.244 e. The summed E-state index contributed by atoms with van der Waals surface area (Å²) in [5.74, 6) is -0.690. The van der Waals surface area contributed by atoms with Gasteiger partial charge in [0.15, 0.2) is 0 Å². The van der Waals surface area contributed by atoms with Crippen LogP contribution in [0.3, 0.4) is 0 Å². The molecule has 2 rings (SSSR count). The van der Waals surface area contributed by atoms with Gasteiger partial charge >= 0.3 is 0 Å². The van der Waals surface area contributed by atoms with Gasteiger partial charge in [0, 0.05) is 12.6 Å². The van der Waals surface area contributed by atoms with Crippen molar-refractivity contribution in [2.75, 3.05) is 17.1 Å². The Morgan fingerprint density at radius 2 is 1.59 bits per heavy atom. The van der Waals surface area contributed by atoms with Gasteiger partial charge in [0.05, 0.1) is 11.9 Å². The highest BCUT2D eigenvalue weighted by Crippen LogP contribution is 2.22. The molecule has 0 saturated heterocycles. The fourth-order valence-electron chi connectivity index (χ4n) is 3.68. The molecular formula is C26H37N3O4S. The molecule has 2 aromatic rings. The van der Waals surface area contributed by atoms with Crippen LogP contribution in [0, 0.1) is 20.8 Å². The Morgan fingerprint density at radius 3 is 2.09 bits per heavy atom. The van der Waals surface area contributed by atoms with Crippen LogP contribution in [0.2, 0.25) is 0 Å². The van der Waals surface area contributed by atoms with E-state index < -0.39 is 28.5 Å². The molecule has 8 heteroatoms. The fourth-order valence-corrected chi connectivity index (χ4v) is 4.53. The summed E-state index contributed by atoms with van der Waals surface area (Å²) >= 11 is 0. The molecular weight excluding hydrogens is 450 g/mol. The van der Waals surface area contributed by atoms with E-state index in [1.807, 2.05) is 71.9 Å². The van der Waals surface area contributed by atoms with Gasteiger partial charge in [-0.25, -0.2) is 8.42 Å². The third-order valence-electron chi connectivity index (χ3n) is 5.75. The summed E-state index contributed by atoms with van der Waals surface area (Å²) in [5.41, 5.74) is 4.34. The number of anilines is 1. The summed E-state index contributed by atoms with van der Waals surface area (Å²) in [6.45, 7) is 11.2. The minimum Gasteiger partial charge on any atom is -0.352 e. The van der Waals surface area contributed by atoms with Gasteiger partial charge < -0.3 is 10.2 Å². The smallest absolute Gasteiger partial charge is 0.244 e. The summed E-state index contributed by atoms with van der Waals surface area (Å²) in [6, 6.07) is 12.2. The highest BCUT2D eigenvalue weighted by Gasteiger charge is 2.32. The lowest BCUT2D eigenvalue weighted by atomic mass is 10.1. The van der Waals surface area contributed by atoms with E-state index >= 15 is 0 Å². The zero-order valence-corrected chi connectivity index (χ0v) is 22.1. The maximum absolute atomic E-state index is 13.6. The Balaban J connectivity index is 2.45. The van der Waals surface area contributed by atoms with Crippen LogP contribution in [0.25, 0.3) is 0 Å². The number of amides is 2. The number of hydrogen-bond donors (Lipinski definition) is 1. The van der Waals surface area contributed by atoms with E-state index in [4.69, 9.17) is 0 Å². The van der Waals surface area contributed by atoms with E-state index in [1.54, 1.807) is 12.1 Å². The van der Waals surface area contributed by atoms with E-state index in [1.165, 1.54) is 4.90 Å². The number of carbonyl (C=O) groups is 2. The number of nitrogens with one attached hydrogen (secondary N) is 1. The van der Waals surface area contributed by atoms with Gasteiger partial charge in [-0.05, 0) is 69.9 Å². The van der Waals surface area contributed by atoms with Crippen molar-refractivity contribution >= 4 is 27.5 Å². The first-order valence-electron chi connectivity index (χ1n) is 11.5. The van der Waals surface area contributed by atoms with Crippen molar-refractivity contribution in [2.45, 2.75) is 66.6 Å². The molecule has 0 aromatic heterocycles. The average Bonchev–Trinajstić information content (AvgIpc) is 2.74.